The van der Waals surface area contributed by atoms with Crippen molar-refractivity contribution in [2.45, 2.75) is 9.79 Å². The lowest BCUT2D eigenvalue weighted by Crippen LogP contribution is -2.35. The number of nitrogens with two attached hydrogens (primary N) is 1. The first-order valence-corrected chi connectivity index (χ1v) is 8.88. The minimum Gasteiger partial charge on any atom is -0.495 e. The number of ether oxygens (including phenoxy) is 1. The van der Waals surface area contributed by atoms with E-state index in [-0.39, 0.29) is 0 Å². The van der Waals surface area contributed by atoms with Crippen molar-refractivity contribution in [3.63, 3.8) is 0 Å². The van der Waals surface area contributed by atoms with E-state index in [1.54, 1.807) is 0 Å². The molecule has 138 valence electrons. The van der Waals surface area contributed by atoms with Crippen LogP contribution in [0.5, 0.6) is 5.75 Å². The van der Waals surface area contributed by atoms with Gasteiger partial charge in [0.05, 0.1) is 7.11 Å². The fourth-order valence-corrected chi connectivity index (χ4v) is 3.26. The molecule has 15 heteroatoms. The predicted molar refractivity (Wildman–Crippen MR) is 77.6 cm³/mol. The van der Waals surface area contributed by atoms with Gasteiger partial charge in [0.1, 0.15) is 26.9 Å². The third-order valence-corrected chi connectivity index (χ3v) is 4.72. The smallest absolute Gasteiger partial charge is 0.298 e. The zero-order chi connectivity index (χ0) is 19.2. The lowest BCUT2D eigenvalue weighted by Gasteiger charge is -2.20. The third kappa shape index (κ3) is 3.63. The van der Waals surface area contributed by atoms with E-state index in [0.717, 1.165) is 7.11 Å². The van der Waals surface area contributed by atoms with E-state index in [0.29, 0.717) is 12.1 Å². The molecule has 0 saturated carbocycles. The molecule has 1 heterocycles. The first-order chi connectivity index (χ1) is 11.4. The monoisotopic (exact) mass is 400 g/mol. The van der Waals surface area contributed by atoms with Crippen molar-refractivity contribution in [3.8, 4) is 5.75 Å². The Bertz CT molecular complexity index is 1000. The number of allylic oxidation sites excluding steroid dienone is 1. The molecule has 1 aromatic rings. The summed E-state index contributed by atoms with van der Waals surface area (Å²) in [7, 11) is -9.02. The Morgan fingerprint density at radius 3 is 2.24 bits per heavy atom. The van der Waals surface area contributed by atoms with Gasteiger partial charge in [0.25, 0.3) is 20.2 Å². The summed E-state index contributed by atoms with van der Waals surface area (Å²) in [6.45, 7) is 0. The van der Waals surface area contributed by atoms with Crippen molar-refractivity contribution in [3.05, 3.63) is 29.3 Å². The molecule has 1 aliphatic heterocycles. The van der Waals surface area contributed by atoms with Crippen LogP contribution in [-0.4, -0.2) is 44.1 Å². The Labute approximate surface area is 139 Å². The van der Waals surface area contributed by atoms with Gasteiger partial charge in [-0.15, -0.1) is 5.10 Å². The van der Waals surface area contributed by atoms with Crippen molar-refractivity contribution in [1.82, 2.24) is 10.8 Å². The van der Waals surface area contributed by atoms with Gasteiger partial charge in [0, 0.05) is 11.6 Å². The van der Waals surface area contributed by atoms with Gasteiger partial charge < -0.3 is 10.5 Å². The average molecular weight is 400 g/mol. The number of hydrogen-bond donors (Lipinski definition) is 4. The van der Waals surface area contributed by atoms with E-state index in [1.165, 1.54) is 5.43 Å². The maximum absolute atomic E-state index is 13.5. The van der Waals surface area contributed by atoms with E-state index >= 15 is 0 Å². The molecule has 2 rings (SSSR count). The first-order valence-electron chi connectivity index (χ1n) is 6.00. The van der Waals surface area contributed by atoms with Crippen molar-refractivity contribution < 1.29 is 39.5 Å². The van der Waals surface area contributed by atoms with Gasteiger partial charge in [-0.05, 0) is 11.4 Å². The highest BCUT2D eigenvalue weighted by molar-refractivity contribution is 7.86. The van der Waals surface area contributed by atoms with Gasteiger partial charge in [-0.3, -0.25) is 9.11 Å². The number of methoxy groups -OCH3 is 1. The molecular weight excluding hydrogens is 390 g/mol. The third-order valence-electron chi connectivity index (χ3n) is 2.95. The summed E-state index contributed by atoms with van der Waals surface area (Å²) >= 11 is 0. The number of benzene rings is 1. The Morgan fingerprint density at radius 2 is 1.76 bits per heavy atom. The van der Waals surface area contributed by atoms with Crippen LogP contribution in [0.4, 0.5) is 8.87 Å². The Morgan fingerprint density at radius 1 is 1.20 bits per heavy atom. The maximum Gasteiger partial charge on any atom is 0.298 e. The molecule has 0 radical (unpaired) electrons. The molecule has 1 aromatic carbocycles. The molecule has 0 atom stereocenters. The van der Waals surface area contributed by atoms with Crippen LogP contribution >= 0.6 is 0 Å². The Balaban J connectivity index is 2.93. The van der Waals surface area contributed by atoms with E-state index in [2.05, 4.69) is 9.84 Å². The predicted octanol–water partition coefficient (Wildman–Crippen LogP) is -0.305. The summed E-state index contributed by atoms with van der Waals surface area (Å²) in [5.41, 5.74) is 4.23. The summed E-state index contributed by atoms with van der Waals surface area (Å²) in [6, 6.07) is 1.00. The van der Waals surface area contributed by atoms with Gasteiger partial charge >= 0.3 is 0 Å². The number of nitrogens with one attached hydrogen (secondary N) is 1. The number of hydrazone groups is 1. The SMILES string of the molecule is COc1cc(S(=O)(=O)O)c(C2=NN(F)NC(F)=C2N)cc1S(=O)(=O)O. The molecule has 0 amide bonds. The summed E-state index contributed by atoms with van der Waals surface area (Å²) < 4.78 is 95.9. The van der Waals surface area contributed by atoms with Gasteiger partial charge in [-0.1, -0.05) is 4.48 Å². The Kier molecular flexibility index (Phi) is 4.60. The molecule has 0 saturated heterocycles. The van der Waals surface area contributed by atoms with E-state index in [4.69, 9.17) is 5.73 Å². The Hall–Kier alpha value is -2.49. The highest BCUT2D eigenvalue weighted by Gasteiger charge is 2.31. The molecule has 5 N–H and O–H groups in total. The second kappa shape index (κ2) is 6.10. The highest BCUT2D eigenvalue weighted by Crippen LogP contribution is 2.32. The van der Waals surface area contributed by atoms with Crippen LogP contribution in [0.15, 0.2) is 38.7 Å². The normalized spacial score (nSPS) is 15.7. The molecule has 0 fully saturated rings. The molecule has 0 aromatic heterocycles. The second-order valence-electron chi connectivity index (χ2n) is 4.50. The molecule has 0 spiro atoms. The van der Waals surface area contributed by atoms with Crippen molar-refractivity contribution in [1.29, 1.82) is 0 Å². The fourth-order valence-electron chi connectivity index (χ4n) is 1.91. The van der Waals surface area contributed by atoms with E-state index in [1.807, 2.05) is 0 Å². The molecule has 0 aliphatic carbocycles. The molecule has 0 unspecified atom stereocenters. The van der Waals surface area contributed by atoms with Crippen molar-refractivity contribution in [2.75, 3.05) is 7.11 Å². The molecule has 0 bridgehead atoms. The van der Waals surface area contributed by atoms with Crippen LogP contribution in [0.25, 0.3) is 0 Å². The van der Waals surface area contributed by atoms with Gasteiger partial charge in [-0.2, -0.15) is 21.2 Å². The summed E-state index contributed by atoms with van der Waals surface area (Å²) in [5, 5.41) is 2.43. The largest absolute Gasteiger partial charge is 0.495 e. The van der Waals surface area contributed by atoms with Gasteiger partial charge in [-0.25, -0.2) is 5.43 Å². The topological polar surface area (TPSA) is 172 Å². The number of rotatable bonds is 4. The second-order valence-corrected chi connectivity index (χ2v) is 7.28. The number of hydrazine groups is 1. The summed E-state index contributed by atoms with van der Waals surface area (Å²) in [6.07, 6.45) is 0. The van der Waals surface area contributed by atoms with Crippen LogP contribution in [-0.2, 0) is 20.2 Å². The standard InChI is InChI=1S/C10H10F2N4O7S2/c1-23-5-3-6(24(17,18)19)4(2-7(5)25(20,21)22)9-8(13)10(11)15-16(12)14-9/h2-3,15H,13H2,1H3,(H,17,18,19)(H,20,21,22). The van der Waals surface area contributed by atoms with Crippen LogP contribution in [0.3, 0.4) is 0 Å². The minimum absolute atomic E-state index is 0.482. The van der Waals surface area contributed by atoms with Crippen molar-refractivity contribution in [2.24, 2.45) is 10.8 Å². The maximum atomic E-state index is 13.5. The number of nitrogens with zero attached hydrogens (tertiary/aromatic N) is 2. The lowest BCUT2D eigenvalue weighted by atomic mass is 10.1. The molecular formula is C10H10F2N4O7S2. The zero-order valence-corrected chi connectivity index (χ0v) is 13.8. The summed E-state index contributed by atoms with van der Waals surface area (Å²) in [5.74, 6) is -2.12. The minimum atomic E-state index is -5.04. The molecule has 11 nitrogen and oxygen atoms in total. The van der Waals surface area contributed by atoms with Gasteiger partial charge in [0.15, 0.2) is 0 Å². The first kappa shape index (κ1) is 18.8. The van der Waals surface area contributed by atoms with Crippen LogP contribution in [0, 0.1) is 0 Å². The number of hydrogen-bond acceptors (Lipinski definition) is 9. The molecule has 1 aliphatic rings. The van der Waals surface area contributed by atoms with Crippen LogP contribution < -0.4 is 15.9 Å². The average Bonchev–Trinajstić information content (AvgIpc) is 2.47. The van der Waals surface area contributed by atoms with E-state index in [9.17, 15) is 34.8 Å². The van der Waals surface area contributed by atoms with Crippen LogP contribution in [0.1, 0.15) is 5.56 Å². The van der Waals surface area contributed by atoms with Crippen molar-refractivity contribution >= 4 is 25.9 Å². The quantitative estimate of drug-likeness (QED) is 0.298. The highest BCUT2D eigenvalue weighted by atomic mass is 32.2. The zero-order valence-electron chi connectivity index (χ0n) is 12.1. The summed E-state index contributed by atoms with van der Waals surface area (Å²) in [4.78, 5) is -1.96. The van der Waals surface area contributed by atoms with Gasteiger partial charge in [0.2, 0.25) is 5.95 Å². The van der Waals surface area contributed by atoms with E-state index < -0.39 is 64.0 Å². The van der Waals surface area contributed by atoms with Crippen LogP contribution in [0.2, 0.25) is 0 Å². The number of halogens is 2. The fraction of sp³-hybridized carbons (Fsp3) is 0.100. The molecule has 25 heavy (non-hydrogen) atoms. The lowest BCUT2D eigenvalue weighted by molar-refractivity contribution is -0.0283.